The topological polar surface area (TPSA) is 85.9 Å². The Morgan fingerprint density at radius 1 is 1.00 bits per heavy atom. The lowest BCUT2D eigenvalue weighted by molar-refractivity contribution is 0.0635. The van der Waals surface area contributed by atoms with Crippen LogP contribution in [0, 0.1) is 0 Å². The predicted molar refractivity (Wildman–Crippen MR) is 108 cm³/mol. The number of rotatable bonds is 6. The first-order valence-corrected chi connectivity index (χ1v) is 8.94. The summed E-state index contributed by atoms with van der Waals surface area (Å²) >= 11 is 0. The fourth-order valence-electron chi connectivity index (χ4n) is 2.43. The maximum atomic E-state index is 12.7. The second kappa shape index (κ2) is 9.12. The normalized spacial score (nSPS) is 10.8. The summed E-state index contributed by atoms with van der Waals surface area (Å²) in [5, 5.41) is 5.44. The van der Waals surface area contributed by atoms with Gasteiger partial charge in [-0.15, -0.1) is 0 Å². The van der Waals surface area contributed by atoms with Crippen LogP contribution >= 0.6 is 0 Å². The highest BCUT2D eigenvalue weighted by Crippen LogP contribution is 2.29. The molecule has 0 aliphatic carbocycles. The van der Waals surface area contributed by atoms with Crippen LogP contribution in [0.1, 0.15) is 38.1 Å². The number of carbonyl (C=O) groups excluding carboxylic acids is 2. The van der Waals surface area contributed by atoms with E-state index in [1.165, 1.54) is 7.11 Å². The summed E-state index contributed by atoms with van der Waals surface area (Å²) in [4.78, 5) is 24.7. The molecule has 0 saturated carbocycles. The second-order valence-electron chi connectivity index (χ2n) is 6.93. The molecule has 0 atom stereocenters. The summed E-state index contributed by atoms with van der Waals surface area (Å²) in [7, 11) is 1.49. The summed E-state index contributed by atoms with van der Waals surface area (Å²) in [6, 6.07) is 11.9. The van der Waals surface area contributed by atoms with Crippen molar-refractivity contribution in [1.29, 1.82) is 0 Å². The maximum absolute atomic E-state index is 12.7. The van der Waals surface area contributed by atoms with Gasteiger partial charge in [-0.1, -0.05) is 12.1 Å². The van der Waals surface area contributed by atoms with Crippen molar-refractivity contribution in [1.82, 2.24) is 0 Å². The Kier molecular flexibility index (Phi) is 6.87. The quantitative estimate of drug-likeness (QED) is 0.752. The third kappa shape index (κ3) is 5.90. The van der Waals surface area contributed by atoms with E-state index in [1.54, 1.807) is 63.2 Å². The molecular formula is C21H26N2O5. The zero-order chi connectivity index (χ0) is 20.7. The fourth-order valence-corrected chi connectivity index (χ4v) is 2.43. The molecule has 0 radical (unpaired) electrons. The largest absolute Gasteiger partial charge is 0.495 e. The number of hydrogen-bond donors (Lipinski definition) is 2. The van der Waals surface area contributed by atoms with Gasteiger partial charge >= 0.3 is 6.09 Å². The van der Waals surface area contributed by atoms with Gasteiger partial charge in [0.1, 0.15) is 17.1 Å². The van der Waals surface area contributed by atoms with Crippen molar-refractivity contribution >= 4 is 23.4 Å². The molecule has 0 bridgehead atoms. The fraction of sp³-hybridized carbons (Fsp3) is 0.333. The van der Waals surface area contributed by atoms with E-state index in [9.17, 15) is 9.59 Å². The van der Waals surface area contributed by atoms with Crippen molar-refractivity contribution in [3.05, 3.63) is 48.0 Å². The van der Waals surface area contributed by atoms with Crippen LogP contribution in [0.2, 0.25) is 0 Å². The molecular weight excluding hydrogens is 360 g/mol. The Labute approximate surface area is 165 Å². The second-order valence-corrected chi connectivity index (χ2v) is 6.93. The maximum Gasteiger partial charge on any atom is 0.412 e. The van der Waals surface area contributed by atoms with Gasteiger partial charge in [0.15, 0.2) is 0 Å². The number of carbonyl (C=O) groups is 2. The van der Waals surface area contributed by atoms with E-state index in [2.05, 4.69) is 10.6 Å². The highest BCUT2D eigenvalue weighted by molar-refractivity contribution is 6.06. The third-order valence-corrected chi connectivity index (χ3v) is 3.52. The number of para-hydroxylation sites is 1. The SMILES string of the molecule is CCOc1ccccc1C(=O)Nc1ccc(OC)c(NC(=O)OC(C)(C)C)c1. The van der Waals surface area contributed by atoms with Crippen LogP contribution in [0.15, 0.2) is 42.5 Å². The lowest BCUT2D eigenvalue weighted by Crippen LogP contribution is -2.27. The van der Waals surface area contributed by atoms with Crippen LogP contribution < -0.4 is 20.1 Å². The van der Waals surface area contributed by atoms with Crippen molar-refractivity contribution in [2.75, 3.05) is 24.4 Å². The Bertz CT molecular complexity index is 843. The molecule has 28 heavy (non-hydrogen) atoms. The van der Waals surface area contributed by atoms with Gasteiger partial charge in [-0.05, 0) is 58.0 Å². The molecule has 0 unspecified atom stereocenters. The minimum Gasteiger partial charge on any atom is -0.495 e. The highest BCUT2D eigenvalue weighted by Gasteiger charge is 2.18. The van der Waals surface area contributed by atoms with Gasteiger partial charge in [0.25, 0.3) is 5.91 Å². The standard InChI is InChI=1S/C21H26N2O5/c1-6-27-17-10-8-7-9-15(17)19(24)22-14-11-12-18(26-5)16(13-14)23-20(25)28-21(2,3)4/h7-13H,6H2,1-5H3,(H,22,24)(H,23,25). The molecule has 2 rings (SSSR count). The molecule has 0 aliphatic heterocycles. The summed E-state index contributed by atoms with van der Waals surface area (Å²) in [6.07, 6.45) is -0.615. The van der Waals surface area contributed by atoms with Crippen molar-refractivity contribution in [3.8, 4) is 11.5 Å². The van der Waals surface area contributed by atoms with Crippen LogP contribution in [-0.2, 0) is 4.74 Å². The Balaban J connectivity index is 2.21. The first kappa shape index (κ1) is 21.1. The van der Waals surface area contributed by atoms with Gasteiger partial charge in [0.05, 0.1) is 25.0 Å². The smallest absolute Gasteiger partial charge is 0.412 e. The zero-order valence-electron chi connectivity index (χ0n) is 16.8. The van der Waals surface area contributed by atoms with Crippen LogP contribution in [0.4, 0.5) is 16.2 Å². The molecule has 2 amide bonds. The molecule has 0 aliphatic rings. The third-order valence-electron chi connectivity index (χ3n) is 3.52. The summed E-state index contributed by atoms with van der Waals surface area (Å²) < 4.78 is 16.0. The molecule has 0 saturated heterocycles. The van der Waals surface area contributed by atoms with Crippen molar-refractivity contribution in [3.63, 3.8) is 0 Å². The van der Waals surface area contributed by atoms with Crippen LogP contribution in [-0.4, -0.2) is 31.3 Å². The molecule has 150 valence electrons. The lowest BCUT2D eigenvalue weighted by atomic mass is 10.1. The monoisotopic (exact) mass is 386 g/mol. The van der Waals surface area contributed by atoms with E-state index in [4.69, 9.17) is 14.2 Å². The number of hydrogen-bond acceptors (Lipinski definition) is 5. The molecule has 0 fully saturated rings. The van der Waals surface area contributed by atoms with Gasteiger partial charge in [-0.2, -0.15) is 0 Å². The number of anilines is 2. The number of nitrogens with one attached hydrogen (secondary N) is 2. The molecule has 0 aromatic heterocycles. The molecule has 2 aromatic rings. The Morgan fingerprint density at radius 2 is 1.71 bits per heavy atom. The van der Waals surface area contributed by atoms with Crippen molar-refractivity contribution in [2.45, 2.75) is 33.3 Å². The predicted octanol–water partition coefficient (Wildman–Crippen LogP) is 4.69. The van der Waals surface area contributed by atoms with E-state index < -0.39 is 11.7 Å². The van der Waals surface area contributed by atoms with Gasteiger partial charge in [-0.3, -0.25) is 10.1 Å². The molecule has 0 heterocycles. The minimum absolute atomic E-state index is 0.322. The number of methoxy groups -OCH3 is 1. The molecule has 2 aromatic carbocycles. The Hall–Kier alpha value is -3.22. The van der Waals surface area contributed by atoms with Crippen molar-refractivity contribution in [2.24, 2.45) is 0 Å². The summed E-state index contributed by atoms with van der Waals surface area (Å²) in [5.41, 5.74) is 0.657. The summed E-state index contributed by atoms with van der Waals surface area (Å²) in [5.74, 6) is 0.624. The van der Waals surface area contributed by atoms with E-state index in [-0.39, 0.29) is 5.91 Å². The van der Waals surface area contributed by atoms with Crippen molar-refractivity contribution < 1.29 is 23.8 Å². The number of ether oxygens (including phenoxy) is 3. The number of amides is 2. The first-order chi connectivity index (χ1) is 13.2. The molecule has 7 nitrogen and oxygen atoms in total. The summed E-state index contributed by atoms with van der Waals surface area (Å²) in [6.45, 7) is 7.63. The lowest BCUT2D eigenvalue weighted by Gasteiger charge is -2.20. The van der Waals surface area contributed by atoms with Crippen LogP contribution in [0.3, 0.4) is 0 Å². The molecule has 0 spiro atoms. The van der Waals surface area contributed by atoms with E-state index in [0.29, 0.717) is 35.0 Å². The highest BCUT2D eigenvalue weighted by atomic mass is 16.6. The van der Waals surface area contributed by atoms with Gasteiger partial charge < -0.3 is 19.5 Å². The average Bonchev–Trinajstić information content (AvgIpc) is 2.61. The van der Waals surface area contributed by atoms with Gasteiger partial charge in [-0.25, -0.2) is 4.79 Å². The molecule has 7 heteroatoms. The van der Waals surface area contributed by atoms with Gasteiger partial charge in [0.2, 0.25) is 0 Å². The number of benzene rings is 2. The van der Waals surface area contributed by atoms with E-state index in [0.717, 1.165) is 0 Å². The van der Waals surface area contributed by atoms with E-state index in [1.807, 2.05) is 6.92 Å². The first-order valence-electron chi connectivity index (χ1n) is 8.94. The van der Waals surface area contributed by atoms with Gasteiger partial charge in [0, 0.05) is 5.69 Å². The van der Waals surface area contributed by atoms with Crippen LogP contribution in [0.25, 0.3) is 0 Å². The average molecular weight is 386 g/mol. The molecule has 2 N–H and O–H groups in total. The van der Waals surface area contributed by atoms with E-state index >= 15 is 0 Å². The van der Waals surface area contributed by atoms with Crippen LogP contribution in [0.5, 0.6) is 11.5 Å². The minimum atomic E-state index is -0.633. The zero-order valence-corrected chi connectivity index (χ0v) is 16.8. The Morgan fingerprint density at radius 3 is 2.36 bits per heavy atom.